The maximum absolute atomic E-state index is 11.9. The zero-order valence-corrected chi connectivity index (χ0v) is 16.1. The minimum Gasteiger partial charge on any atom is -0.493 e. The molecule has 1 rings (SSSR count). The number of ether oxygens (including phenoxy) is 3. The Balaban J connectivity index is 2.04. The van der Waals surface area contributed by atoms with Crippen molar-refractivity contribution in [3.05, 3.63) is 24.3 Å². The lowest BCUT2D eigenvalue weighted by Gasteiger charge is -2.08. The van der Waals surface area contributed by atoms with Gasteiger partial charge in [0, 0.05) is 12.8 Å². The SMILES string of the molecule is CCCCCCCOC(=O)CCCCCC(=O)Oc1ccccc1OC. The zero-order valence-electron chi connectivity index (χ0n) is 16.1. The second-order valence-corrected chi connectivity index (χ2v) is 6.32. The molecule has 0 aromatic heterocycles. The second kappa shape index (κ2) is 14.2. The van der Waals surface area contributed by atoms with Crippen molar-refractivity contribution in [3.63, 3.8) is 0 Å². The number of benzene rings is 1. The van der Waals surface area contributed by atoms with Crippen LogP contribution in [0.25, 0.3) is 0 Å². The summed E-state index contributed by atoms with van der Waals surface area (Å²) >= 11 is 0. The Morgan fingerprint density at radius 2 is 1.42 bits per heavy atom. The molecule has 0 spiro atoms. The third kappa shape index (κ3) is 10.1. The largest absolute Gasteiger partial charge is 0.493 e. The van der Waals surface area contributed by atoms with Crippen LogP contribution in [-0.2, 0) is 14.3 Å². The van der Waals surface area contributed by atoms with Crippen molar-refractivity contribution >= 4 is 11.9 Å². The average Bonchev–Trinajstić information content (AvgIpc) is 2.64. The summed E-state index contributed by atoms with van der Waals surface area (Å²) in [4.78, 5) is 23.5. The summed E-state index contributed by atoms with van der Waals surface area (Å²) in [6.07, 6.45) is 8.69. The molecule has 0 amide bonds. The molecule has 0 unspecified atom stereocenters. The maximum Gasteiger partial charge on any atom is 0.311 e. The molecule has 0 saturated carbocycles. The number of carbonyl (C=O) groups is 2. The number of hydrogen-bond acceptors (Lipinski definition) is 5. The average molecular weight is 364 g/mol. The van der Waals surface area contributed by atoms with Gasteiger partial charge in [-0.15, -0.1) is 0 Å². The van der Waals surface area contributed by atoms with Gasteiger partial charge in [0.1, 0.15) is 0 Å². The summed E-state index contributed by atoms with van der Waals surface area (Å²) in [5.74, 6) is 0.544. The van der Waals surface area contributed by atoms with Crippen LogP contribution in [0.5, 0.6) is 11.5 Å². The molecule has 5 nitrogen and oxygen atoms in total. The molecule has 0 aliphatic carbocycles. The van der Waals surface area contributed by atoms with Gasteiger partial charge >= 0.3 is 11.9 Å². The van der Waals surface area contributed by atoms with E-state index in [-0.39, 0.29) is 11.9 Å². The Hall–Kier alpha value is -2.04. The highest BCUT2D eigenvalue weighted by Crippen LogP contribution is 2.26. The van der Waals surface area contributed by atoms with Gasteiger partial charge < -0.3 is 14.2 Å². The molecular formula is C21H32O5. The summed E-state index contributed by atoms with van der Waals surface area (Å²) in [7, 11) is 1.54. The first kappa shape index (κ1) is 22.0. The minimum atomic E-state index is -0.288. The third-order valence-corrected chi connectivity index (χ3v) is 4.07. The molecule has 0 atom stereocenters. The first-order chi connectivity index (χ1) is 12.7. The van der Waals surface area contributed by atoms with E-state index in [1.165, 1.54) is 26.4 Å². The van der Waals surface area contributed by atoms with E-state index in [4.69, 9.17) is 14.2 Å². The van der Waals surface area contributed by atoms with E-state index in [1.807, 2.05) is 6.07 Å². The van der Waals surface area contributed by atoms with E-state index in [2.05, 4.69) is 6.92 Å². The van der Waals surface area contributed by atoms with Gasteiger partial charge in [0.15, 0.2) is 11.5 Å². The molecule has 146 valence electrons. The molecular weight excluding hydrogens is 332 g/mol. The van der Waals surface area contributed by atoms with E-state index in [9.17, 15) is 9.59 Å². The van der Waals surface area contributed by atoms with E-state index in [0.717, 1.165) is 25.7 Å². The summed E-state index contributed by atoms with van der Waals surface area (Å²) < 4.78 is 15.7. The highest BCUT2D eigenvalue weighted by Gasteiger charge is 2.09. The topological polar surface area (TPSA) is 61.8 Å². The van der Waals surface area contributed by atoms with E-state index in [1.54, 1.807) is 18.2 Å². The summed E-state index contributed by atoms with van der Waals surface area (Å²) in [6.45, 7) is 2.70. The molecule has 5 heteroatoms. The molecule has 0 bridgehead atoms. The fourth-order valence-electron chi connectivity index (χ4n) is 2.56. The van der Waals surface area contributed by atoms with Crippen molar-refractivity contribution < 1.29 is 23.8 Å². The van der Waals surface area contributed by atoms with Crippen LogP contribution in [0, 0.1) is 0 Å². The quantitative estimate of drug-likeness (QED) is 0.262. The number of para-hydroxylation sites is 2. The van der Waals surface area contributed by atoms with Crippen LogP contribution < -0.4 is 9.47 Å². The summed E-state index contributed by atoms with van der Waals surface area (Å²) in [5, 5.41) is 0. The van der Waals surface area contributed by atoms with Crippen LogP contribution >= 0.6 is 0 Å². The van der Waals surface area contributed by atoms with Crippen LogP contribution in [0.15, 0.2) is 24.3 Å². The van der Waals surface area contributed by atoms with Gasteiger partial charge in [-0.3, -0.25) is 9.59 Å². The third-order valence-electron chi connectivity index (χ3n) is 4.07. The molecule has 0 radical (unpaired) electrons. The van der Waals surface area contributed by atoms with Gasteiger partial charge in [0.25, 0.3) is 0 Å². The highest BCUT2D eigenvalue weighted by molar-refractivity contribution is 5.73. The van der Waals surface area contributed by atoms with Crippen molar-refractivity contribution in [1.29, 1.82) is 0 Å². The predicted octanol–water partition coefficient (Wildman–Crippen LogP) is 5.06. The zero-order chi connectivity index (χ0) is 19.0. The molecule has 0 fully saturated rings. The Bertz CT molecular complexity index is 527. The molecule has 0 N–H and O–H groups in total. The molecule has 26 heavy (non-hydrogen) atoms. The molecule has 0 saturated heterocycles. The number of rotatable bonds is 14. The Labute approximate surface area is 157 Å². The minimum absolute atomic E-state index is 0.142. The van der Waals surface area contributed by atoms with Gasteiger partial charge in [-0.2, -0.15) is 0 Å². The van der Waals surface area contributed by atoms with Crippen molar-refractivity contribution in [2.45, 2.75) is 71.1 Å². The lowest BCUT2D eigenvalue weighted by Crippen LogP contribution is -2.09. The van der Waals surface area contributed by atoms with Gasteiger partial charge in [0.2, 0.25) is 0 Å². The van der Waals surface area contributed by atoms with Crippen LogP contribution in [0.1, 0.15) is 71.1 Å². The number of carbonyl (C=O) groups excluding carboxylic acids is 2. The smallest absolute Gasteiger partial charge is 0.311 e. The second-order valence-electron chi connectivity index (χ2n) is 6.32. The molecule has 0 aliphatic rings. The van der Waals surface area contributed by atoms with E-state index < -0.39 is 0 Å². The molecule has 1 aromatic carbocycles. The lowest BCUT2D eigenvalue weighted by molar-refractivity contribution is -0.143. The number of unbranched alkanes of at least 4 members (excludes halogenated alkanes) is 6. The predicted molar refractivity (Wildman–Crippen MR) is 101 cm³/mol. The number of esters is 2. The molecule has 0 aliphatic heterocycles. The lowest BCUT2D eigenvalue weighted by atomic mass is 10.1. The highest BCUT2D eigenvalue weighted by atomic mass is 16.6. The van der Waals surface area contributed by atoms with Crippen molar-refractivity contribution in [3.8, 4) is 11.5 Å². The maximum atomic E-state index is 11.9. The van der Waals surface area contributed by atoms with E-state index >= 15 is 0 Å². The van der Waals surface area contributed by atoms with E-state index in [0.29, 0.717) is 37.4 Å². The van der Waals surface area contributed by atoms with Crippen LogP contribution in [0.2, 0.25) is 0 Å². The van der Waals surface area contributed by atoms with Gasteiger partial charge in [-0.05, 0) is 31.4 Å². The number of hydrogen-bond donors (Lipinski definition) is 0. The number of methoxy groups -OCH3 is 1. The fourth-order valence-corrected chi connectivity index (χ4v) is 2.56. The normalized spacial score (nSPS) is 10.4. The summed E-state index contributed by atoms with van der Waals surface area (Å²) in [6, 6.07) is 7.06. The van der Waals surface area contributed by atoms with Crippen molar-refractivity contribution in [1.82, 2.24) is 0 Å². The molecule has 1 aromatic rings. The first-order valence-corrected chi connectivity index (χ1v) is 9.66. The van der Waals surface area contributed by atoms with Gasteiger partial charge in [-0.1, -0.05) is 51.2 Å². The van der Waals surface area contributed by atoms with Crippen LogP contribution in [0.3, 0.4) is 0 Å². The fraction of sp³-hybridized carbons (Fsp3) is 0.619. The Kier molecular flexibility index (Phi) is 12.0. The van der Waals surface area contributed by atoms with Crippen molar-refractivity contribution in [2.75, 3.05) is 13.7 Å². The first-order valence-electron chi connectivity index (χ1n) is 9.66. The van der Waals surface area contributed by atoms with Crippen LogP contribution in [0.4, 0.5) is 0 Å². The van der Waals surface area contributed by atoms with Crippen LogP contribution in [-0.4, -0.2) is 25.7 Å². The monoisotopic (exact) mass is 364 g/mol. The van der Waals surface area contributed by atoms with Gasteiger partial charge in [0.05, 0.1) is 13.7 Å². The standard InChI is InChI=1S/C21H32O5/c1-3-4-5-6-12-17-25-20(22)15-8-7-9-16-21(23)26-19-14-11-10-13-18(19)24-2/h10-11,13-14H,3-9,12,15-17H2,1-2H3. The summed E-state index contributed by atoms with van der Waals surface area (Å²) in [5.41, 5.74) is 0. The van der Waals surface area contributed by atoms with Crippen molar-refractivity contribution in [2.24, 2.45) is 0 Å². The Morgan fingerprint density at radius 1 is 0.808 bits per heavy atom. The Morgan fingerprint density at radius 3 is 2.12 bits per heavy atom. The molecule has 0 heterocycles. The van der Waals surface area contributed by atoms with Gasteiger partial charge in [-0.25, -0.2) is 0 Å².